The van der Waals surface area contributed by atoms with Crippen molar-refractivity contribution in [1.29, 1.82) is 0 Å². The van der Waals surface area contributed by atoms with E-state index < -0.39 is 0 Å². The zero-order valence-corrected chi connectivity index (χ0v) is 7.99. The first-order valence-electron chi connectivity index (χ1n) is 4.69. The van der Waals surface area contributed by atoms with Crippen molar-refractivity contribution in [3.8, 4) is 0 Å². The first kappa shape index (κ1) is 10.3. The van der Waals surface area contributed by atoms with E-state index in [1.807, 2.05) is 12.1 Å². The van der Waals surface area contributed by atoms with Crippen LogP contribution in [0, 0.1) is 0 Å². The molecule has 0 spiro atoms. The number of furan rings is 1. The van der Waals surface area contributed by atoms with Gasteiger partial charge in [0.15, 0.2) is 0 Å². The molecule has 0 saturated heterocycles. The van der Waals surface area contributed by atoms with Crippen LogP contribution >= 0.6 is 0 Å². The fourth-order valence-electron chi connectivity index (χ4n) is 1.19. The van der Waals surface area contributed by atoms with Gasteiger partial charge in [0, 0.05) is 12.6 Å². The summed E-state index contributed by atoms with van der Waals surface area (Å²) in [6, 6.07) is 4.26. The fraction of sp³-hybridized carbons (Fsp3) is 0.600. The standard InChI is InChI=1S/C10H17NO2/c1-9(4-2-6-12)11-8-10-5-3-7-13-10/h3,5,7,9,11-12H,2,4,6,8H2,1H3/t9-/m0/s1. The summed E-state index contributed by atoms with van der Waals surface area (Å²) in [5.74, 6) is 0.954. The first-order valence-corrected chi connectivity index (χ1v) is 4.69. The van der Waals surface area contributed by atoms with E-state index in [1.165, 1.54) is 0 Å². The molecule has 74 valence electrons. The average molecular weight is 183 g/mol. The highest BCUT2D eigenvalue weighted by Crippen LogP contribution is 2.01. The van der Waals surface area contributed by atoms with E-state index in [0.29, 0.717) is 6.04 Å². The minimum Gasteiger partial charge on any atom is -0.468 e. The molecule has 1 heterocycles. The number of nitrogens with one attached hydrogen (secondary N) is 1. The molecule has 0 aliphatic heterocycles. The second-order valence-corrected chi connectivity index (χ2v) is 3.23. The Morgan fingerprint density at radius 2 is 2.46 bits per heavy atom. The van der Waals surface area contributed by atoms with E-state index in [0.717, 1.165) is 25.1 Å². The lowest BCUT2D eigenvalue weighted by molar-refractivity contribution is 0.275. The Morgan fingerprint density at radius 1 is 1.62 bits per heavy atom. The fourth-order valence-corrected chi connectivity index (χ4v) is 1.19. The quantitative estimate of drug-likeness (QED) is 0.703. The van der Waals surface area contributed by atoms with Crippen LogP contribution in [-0.4, -0.2) is 17.8 Å². The van der Waals surface area contributed by atoms with Crippen molar-refractivity contribution in [2.75, 3.05) is 6.61 Å². The smallest absolute Gasteiger partial charge is 0.117 e. The largest absolute Gasteiger partial charge is 0.468 e. The number of aliphatic hydroxyl groups excluding tert-OH is 1. The van der Waals surface area contributed by atoms with Crippen LogP contribution in [0.1, 0.15) is 25.5 Å². The van der Waals surface area contributed by atoms with Gasteiger partial charge < -0.3 is 14.8 Å². The van der Waals surface area contributed by atoms with Gasteiger partial charge in [0.25, 0.3) is 0 Å². The van der Waals surface area contributed by atoms with Crippen molar-refractivity contribution in [2.45, 2.75) is 32.4 Å². The predicted octanol–water partition coefficient (Wildman–Crippen LogP) is 1.53. The number of hydrogen-bond donors (Lipinski definition) is 2. The first-order chi connectivity index (χ1) is 6.33. The molecular formula is C10H17NO2. The molecule has 0 bridgehead atoms. The van der Waals surface area contributed by atoms with Crippen LogP contribution in [0.2, 0.25) is 0 Å². The van der Waals surface area contributed by atoms with Crippen molar-refractivity contribution in [2.24, 2.45) is 0 Å². The van der Waals surface area contributed by atoms with E-state index in [2.05, 4.69) is 12.2 Å². The van der Waals surface area contributed by atoms with Crippen molar-refractivity contribution >= 4 is 0 Å². The van der Waals surface area contributed by atoms with Crippen LogP contribution in [0.15, 0.2) is 22.8 Å². The predicted molar refractivity (Wildman–Crippen MR) is 51.3 cm³/mol. The van der Waals surface area contributed by atoms with E-state index in [-0.39, 0.29) is 6.61 Å². The van der Waals surface area contributed by atoms with Gasteiger partial charge in [0.2, 0.25) is 0 Å². The zero-order chi connectivity index (χ0) is 9.52. The molecule has 0 fully saturated rings. The molecule has 0 aliphatic rings. The third-order valence-electron chi connectivity index (χ3n) is 2.00. The molecule has 3 heteroatoms. The van der Waals surface area contributed by atoms with Gasteiger partial charge in [-0.05, 0) is 31.9 Å². The van der Waals surface area contributed by atoms with Gasteiger partial charge in [-0.2, -0.15) is 0 Å². The lowest BCUT2D eigenvalue weighted by atomic mass is 10.2. The summed E-state index contributed by atoms with van der Waals surface area (Å²) in [5.41, 5.74) is 0. The SMILES string of the molecule is C[C@@H](CCCO)NCc1ccco1. The Balaban J connectivity index is 2.11. The summed E-state index contributed by atoms with van der Waals surface area (Å²) < 4.78 is 5.18. The minimum atomic E-state index is 0.271. The molecule has 0 saturated carbocycles. The van der Waals surface area contributed by atoms with Crippen LogP contribution in [-0.2, 0) is 6.54 Å². The van der Waals surface area contributed by atoms with Gasteiger partial charge in [-0.3, -0.25) is 0 Å². The maximum atomic E-state index is 8.62. The van der Waals surface area contributed by atoms with Crippen LogP contribution in [0.25, 0.3) is 0 Å². The highest BCUT2D eigenvalue weighted by Gasteiger charge is 2.01. The lowest BCUT2D eigenvalue weighted by Crippen LogP contribution is -2.25. The Labute approximate surface area is 78.8 Å². The van der Waals surface area contributed by atoms with Crippen LogP contribution in [0.3, 0.4) is 0 Å². The molecule has 0 radical (unpaired) electrons. The zero-order valence-electron chi connectivity index (χ0n) is 7.99. The number of aliphatic hydroxyl groups is 1. The Bertz CT molecular complexity index is 209. The highest BCUT2D eigenvalue weighted by atomic mass is 16.3. The molecule has 0 unspecified atom stereocenters. The summed E-state index contributed by atoms with van der Waals surface area (Å²) in [7, 11) is 0. The van der Waals surface area contributed by atoms with Crippen LogP contribution in [0.5, 0.6) is 0 Å². The molecule has 0 amide bonds. The minimum absolute atomic E-state index is 0.271. The molecule has 1 aromatic heterocycles. The van der Waals surface area contributed by atoms with Gasteiger partial charge >= 0.3 is 0 Å². The second-order valence-electron chi connectivity index (χ2n) is 3.23. The lowest BCUT2D eigenvalue weighted by Gasteiger charge is -2.11. The molecule has 2 N–H and O–H groups in total. The van der Waals surface area contributed by atoms with Gasteiger partial charge in [0.05, 0.1) is 12.8 Å². The van der Waals surface area contributed by atoms with Gasteiger partial charge in [0.1, 0.15) is 5.76 Å². The van der Waals surface area contributed by atoms with Crippen LogP contribution < -0.4 is 5.32 Å². The molecule has 1 rings (SSSR count). The Hall–Kier alpha value is -0.800. The molecular weight excluding hydrogens is 166 g/mol. The maximum Gasteiger partial charge on any atom is 0.117 e. The number of rotatable bonds is 6. The average Bonchev–Trinajstić information content (AvgIpc) is 2.64. The van der Waals surface area contributed by atoms with E-state index >= 15 is 0 Å². The summed E-state index contributed by atoms with van der Waals surface area (Å²) in [6.07, 6.45) is 3.53. The summed E-state index contributed by atoms with van der Waals surface area (Å²) in [4.78, 5) is 0. The van der Waals surface area contributed by atoms with Crippen molar-refractivity contribution in [1.82, 2.24) is 5.32 Å². The Kier molecular flexibility index (Phi) is 4.57. The van der Waals surface area contributed by atoms with Crippen LogP contribution in [0.4, 0.5) is 0 Å². The molecule has 3 nitrogen and oxygen atoms in total. The van der Waals surface area contributed by atoms with Crippen molar-refractivity contribution in [3.05, 3.63) is 24.2 Å². The molecule has 1 aromatic rings. The second kappa shape index (κ2) is 5.78. The third kappa shape index (κ3) is 4.10. The maximum absolute atomic E-state index is 8.62. The summed E-state index contributed by atoms with van der Waals surface area (Å²) in [6.45, 7) is 3.14. The van der Waals surface area contributed by atoms with E-state index in [1.54, 1.807) is 6.26 Å². The Morgan fingerprint density at radius 3 is 3.08 bits per heavy atom. The molecule has 0 aliphatic carbocycles. The van der Waals surface area contributed by atoms with Crippen molar-refractivity contribution in [3.63, 3.8) is 0 Å². The highest BCUT2D eigenvalue weighted by molar-refractivity contribution is 4.97. The monoisotopic (exact) mass is 183 g/mol. The summed E-state index contributed by atoms with van der Waals surface area (Å²) in [5, 5.41) is 11.9. The molecule has 13 heavy (non-hydrogen) atoms. The third-order valence-corrected chi connectivity index (χ3v) is 2.00. The normalized spacial score (nSPS) is 13.1. The van der Waals surface area contributed by atoms with Gasteiger partial charge in [-0.25, -0.2) is 0 Å². The van der Waals surface area contributed by atoms with Gasteiger partial charge in [-0.15, -0.1) is 0 Å². The van der Waals surface area contributed by atoms with E-state index in [9.17, 15) is 0 Å². The topological polar surface area (TPSA) is 45.4 Å². The summed E-state index contributed by atoms with van der Waals surface area (Å²) >= 11 is 0. The van der Waals surface area contributed by atoms with Crippen molar-refractivity contribution < 1.29 is 9.52 Å². The van der Waals surface area contributed by atoms with E-state index in [4.69, 9.17) is 9.52 Å². The molecule has 0 aromatic carbocycles. The van der Waals surface area contributed by atoms with Gasteiger partial charge in [-0.1, -0.05) is 0 Å². The number of hydrogen-bond acceptors (Lipinski definition) is 3. The molecule has 1 atom stereocenters.